The standard InChI is InChI=1S/C26H31ClN4O6S/c1-4-15-13-26(15,24(33)31-38(34,35)25(3)9-10-25)30-23(32)19-11-16(14-28-19)37-20-12-21(36-5-2)29-22-17(20)7-6-8-18(22)27/h4,6-8,12,15-16,19,28H,1,5,9-11,13-14H2,2-3H3,(H,30,32)(H,31,33)/p+1/t15-,16-,19+,26-/m1/s1. The molecule has 1 saturated heterocycles. The average Bonchev–Trinajstić information content (AvgIpc) is 3.74. The van der Waals surface area contributed by atoms with E-state index in [1.165, 1.54) is 0 Å². The fourth-order valence-corrected chi connectivity index (χ4v) is 6.42. The molecule has 1 aliphatic heterocycles. The molecule has 0 spiro atoms. The molecule has 12 heteroatoms. The van der Waals surface area contributed by atoms with E-state index >= 15 is 0 Å². The number of hydrogen-bond acceptors (Lipinski definition) is 7. The highest BCUT2D eigenvalue weighted by molar-refractivity contribution is 7.91. The van der Waals surface area contributed by atoms with Crippen molar-refractivity contribution in [2.75, 3.05) is 13.2 Å². The zero-order valence-electron chi connectivity index (χ0n) is 21.3. The van der Waals surface area contributed by atoms with E-state index in [9.17, 15) is 18.0 Å². The molecule has 4 N–H and O–H groups in total. The maximum Gasteiger partial charge on any atom is 0.279 e. The van der Waals surface area contributed by atoms with E-state index in [1.54, 1.807) is 25.1 Å². The smallest absolute Gasteiger partial charge is 0.279 e. The van der Waals surface area contributed by atoms with Crippen LogP contribution in [0.3, 0.4) is 0 Å². The van der Waals surface area contributed by atoms with Crippen LogP contribution in [0, 0.1) is 5.92 Å². The number of carbonyl (C=O) groups is 2. The number of nitrogens with two attached hydrogens (primary N) is 1. The van der Waals surface area contributed by atoms with Crippen LogP contribution in [0.25, 0.3) is 10.9 Å². The first-order valence-corrected chi connectivity index (χ1v) is 14.6. The predicted molar refractivity (Wildman–Crippen MR) is 141 cm³/mol. The van der Waals surface area contributed by atoms with Crippen molar-refractivity contribution in [3.63, 3.8) is 0 Å². The Kier molecular flexibility index (Phi) is 6.81. The van der Waals surface area contributed by atoms with E-state index in [0.29, 0.717) is 61.0 Å². The number of aromatic nitrogens is 1. The molecule has 2 aromatic rings. The second kappa shape index (κ2) is 9.69. The largest absolute Gasteiger partial charge is 0.483 e. The molecule has 1 aromatic carbocycles. The Bertz CT molecular complexity index is 1410. The van der Waals surface area contributed by atoms with Gasteiger partial charge in [0.2, 0.25) is 15.9 Å². The second-order valence-electron chi connectivity index (χ2n) is 10.5. The lowest BCUT2D eigenvalue weighted by Crippen LogP contribution is -2.90. The summed E-state index contributed by atoms with van der Waals surface area (Å²) < 4.78 is 38.4. The molecule has 0 radical (unpaired) electrons. The van der Waals surface area contributed by atoms with Crippen molar-refractivity contribution in [1.29, 1.82) is 0 Å². The van der Waals surface area contributed by atoms with Crippen molar-refractivity contribution in [3.8, 4) is 11.6 Å². The summed E-state index contributed by atoms with van der Waals surface area (Å²) in [4.78, 5) is 30.8. The first kappa shape index (κ1) is 26.7. The third-order valence-corrected chi connectivity index (χ3v) is 10.2. The van der Waals surface area contributed by atoms with Crippen molar-refractivity contribution in [2.45, 2.75) is 62.0 Å². The summed E-state index contributed by atoms with van der Waals surface area (Å²) in [5.41, 5.74) is -0.743. The maximum atomic E-state index is 13.2. The first-order chi connectivity index (χ1) is 18.0. The molecule has 2 amide bonds. The number of quaternary nitrogens is 1. The number of fused-ring (bicyclic) bond motifs is 1. The number of carbonyl (C=O) groups excluding carboxylic acids is 2. The highest BCUT2D eigenvalue weighted by atomic mass is 35.5. The lowest BCUT2D eigenvalue weighted by Gasteiger charge is -2.21. The molecule has 2 saturated carbocycles. The third-order valence-electron chi connectivity index (χ3n) is 7.73. The van der Waals surface area contributed by atoms with Gasteiger partial charge >= 0.3 is 0 Å². The number of hydrogen-bond donors (Lipinski definition) is 3. The van der Waals surface area contributed by atoms with Gasteiger partial charge in [-0.2, -0.15) is 0 Å². The Morgan fingerprint density at radius 3 is 2.76 bits per heavy atom. The van der Waals surface area contributed by atoms with Gasteiger partial charge in [0.25, 0.3) is 11.8 Å². The predicted octanol–water partition coefficient (Wildman–Crippen LogP) is 1.43. The number of nitrogens with one attached hydrogen (secondary N) is 2. The molecule has 204 valence electrons. The van der Waals surface area contributed by atoms with Gasteiger partial charge in [-0.1, -0.05) is 23.7 Å². The van der Waals surface area contributed by atoms with E-state index in [1.807, 2.05) is 24.4 Å². The van der Waals surface area contributed by atoms with Crippen LogP contribution in [0.2, 0.25) is 5.02 Å². The van der Waals surface area contributed by atoms with Crippen LogP contribution in [0.15, 0.2) is 36.9 Å². The van der Waals surface area contributed by atoms with E-state index < -0.39 is 32.3 Å². The molecule has 10 nitrogen and oxygen atoms in total. The van der Waals surface area contributed by atoms with Crippen molar-refractivity contribution >= 4 is 44.3 Å². The van der Waals surface area contributed by atoms with Crippen molar-refractivity contribution < 1.29 is 32.8 Å². The first-order valence-electron chi connectivity index (χ1n) is 12.8. The Labute approximate surface area is 226 Å². The third kappa shape index (κ3) is 4.83. The fourth-order valence-electron chi connectivity index (χ4n) is 4.89. The number of sulfonamides is 1. The Morgan fingerprint density at radius 2 is 2.11 bits per heavy atom. The van der Waals surface area contributed by atoms with Gasteiger partial charge in [-0.15, -0.1) is 6.58 Å². The van der Waals surface area contributed by atoms with Crippen LogP contribution in [-0.2, 0) is 19.6 Å². The van der Waals surface area contributed by atoms with E-state index in [-0.39, 0.29) is 17.9 Å². The number of pyridine rings is 1. The van der Waals surface area contributed by atoms with Crippen molar-refractivity contribution in [3.05, 3.63) is 41.9 Å². The van der Waals surface area contributed by atoms with Gasteiger partial charge in [-0.3, -0.25) is 14.3 Å². The summed E-state index contributed by atoms with van der Waals surface area (Å²) in [5.74, 6) is -0.441. The van der Waals surface area contributed by atoms with Crippen LogP contribution >= 0.6 is 11.6 Å². The molecule has 4 atom stereocenters. The lowest BCUT2D eigenvalue weighted by atomic mass is 10.1. The molecule has 0 unspecified atom stereocenters. The van der Waals surface area contributed by atoms with E-state index in [2.05, 4.69) is 21.6 Å². The van der Waals surface area contributed by atoms with E-state index in [0.717, 1.165) is 5.39 Å². The Balaban J connectivity index is 1.27. The number of ether oxygens (including phenoxy) is 2. The minimum absolute atomic E-state index is 0.292. The number of para-hydroxylation sites is 1. The molecular formula is C26H32ClN4O6S+. The second-order valence-corrected chi connectivity index (χ2v) is 13.1. The summed E-state index contributed by atoms with van der Waals surface area (Å²) in [7, 11) is -3.83. The topological polar surface area (TPSA) is 140 Å². The zero-order chi connectivity index (χ0) is 27.3. The van der Waals surface area contributed by atoms with Crippen LogP contribution < -0.4 is 24.8 Å². The van der Waals surface area contributed by atoms with Crippen molar-refractivity contribution in [2.24, 2.45) is 5.92 Å². The molecule has 2 aliphatic carbocycles. The molecule has 3 aliphatic rings. The zero-order valence-corrected chi connectivity index (χ0v) is 22.9. The molecule has 5 rings (SSSR count). The minimum Gasteiger partial charge on any atom is -0.483 e. The van der Waals surface area contributed by atoms with Gasteiger partial charge in [0.05, 0.1) is 28.3 Å². The molecule has 2 heterocycles. The number of benzene rings is 1. The fraction of sp³-hybridized carbons (Fsp3) is 0.500. The Hall–Kier alpha value is -2.89. The summed E-state index contributed by atoms with van der Waals surface area (Å²) in [6.45, 7) is 8.16. The number of halogens is 1. The van der Waals surface area contributed by atoms with Crippen LogP contribution in [0.4, 0.5) is 0 Å². The van der Waals surface area contributed by atoms with Gasteiger partial charge in [-0.05, 0) is 45.2 Å². The highest BCUT2D eigenvalue weighted by Gasteiger charge is 2.62. The average molecular weight is 564 g/mol. The molecule has 0 bridgehead atoms. The molecular weight excluding hydrogens is 532 g/mol. The van der Waals surface area contributed by atoms with Gasteiger partial charge in [0.15, 0.2) is 12.1 Å². The number of rotatable bonds is 10. The normalized spacial score (nSPS) is 27.4. The summed E-state index contributed by atoms with van der Waals surface area (Å²) in [6.07, 6.45) is 2.99. The number of amides is 2. The van der Waals surface area contributed by atoms with Crippen LogP contribution in [0.5, 0.6) is 11.6 Å². The minimum atomic E-state index is -3.83. The quantitative estimate of drug-likeness (QED) is 0.371. The van der Waals surface area contributed by atoms with E-state index in [4.69, 9.17) is 21.1 Å². The summed E-state index contributed by atoms with van der Waals surface area (Å²) in [5, 5.41) is 5.91. The lowest BCUT2D eigenvalue weighted by molar-refractivity contribution is -0.659. The summed E-state index contributed by atoms with van der Waals surface area (Å²) in [6, 6.07) is 6.64. The van der Waals surface area contributed by atoms with Gasteiger partial charge < -0.3 is 20.1 Å². The molecule has 1 aromatic heterocycles. The van der Waals surface area contributed by atoms with Gasteiger partial charge in [-0.25, -0.2) is 13.4 Å². The summed E-state index contributed by atoms with van der Waals surface area (Å²) >= 11 is 6.36. The van der Waals surface area contributed by atoms with Gasteiger partial charge in [0, 0.05) is 17.4 Å². The number of nitrogens with zero attached hydrogens (tertiary/aromatic N) is 1. The van der Waals surface area contributed by atoms with Crippen LogP contribution in [0.1, 0.15) is 39.5 Å². The van der Waals surface area contributed by atoms with Crippen LogP contribution in [-0.4, -0.2) is 60.8 Å². The monoisotopic (exact) mass is 563 g/mol. The van der Waals surface area contributed by atoms with Crippen molar-refractivity contribution in [1.82, 2.24) is 15.0 Å². The maximum absolute atomic E-state index is 13.2. The Morgan fingerprint density at radius 1 is 1.34 bits per heavy atom. The molecule has 3 fully saturated rings. The highest BCUT2D eigenvalue weighted by Crippen LogP contribution is 2.47. The SMILES string of the molecule is C=C[C@@H]1C[C@]1(NC(=O)[C@@H]1C[C@@H](Oc2cc(OCC)nc3c(Cl)cccc23)C[NH2+]1)C(=O)NS(=O)(=O)C1(C)CC1. The van der Waals surface area contributed by atoms with Gasteiger partial charge in [0.1, 0.15) is 17.8 Å². The molecule has 38 heavy (non-hydrogen) atoms.